The van der Waals surface area contributed by atoms with Gasteiger partial charge in [0.25, 0.3) is 0 Å². The summed E-state index contributed by atoms with van der Waals surface area (Å²) in [5.41, 5.74) is 0. The van der Waals surface area contributed by atoms with Gasteiger partial charge in [-0.3, -0.25) is 14.2 Å². The number of hydrogen-bond acceptors (Lipinski definition) is 12. The van der Waals surface area contributed by atoms with Crippen molar-refractivity contribution in [3.8, 4) is 0 Å². The van der Waals surface area contributed by atoms with E-state index in [4.69, 9.17) is 36.8 Å². The van der Waals surface area contributed by atoms with Crippen LogP contribution in [0.4, 0.5) is 0 Å². The maximum absolute atomic E-state index is 13.5. The number of esters is 2. The summed E-state index contributed by atoms with van der Waals surface area (Å²) in [5, 5.41) is 2.43. The van der Waals surface area contributed by atoms with Gasteiger partial charge in [-0.1, -0.05) is 0 Å². The fraction of sp³-hybridized carbons (Fsp3) is 0.864. The molecule has 0 fully saturated rings. The smallest absolute Gasteiger partial charge is 0.329 e. The molecule has 0 aromatic rings. The standard InChI is InChI=1S/C22H46NO12PSi2/c1-28-9-11-30-13-15-32-21(25)17-19(22(26)33-16-14-31-12-10-29-2)23-20(24)18-36(27,34-37(3,4)5)35-38(6,7)8/h19H,9-18H2,1-8H3,(H,23,24)/t19-/m0/s1. The Labute approximate surface area is 228 Å². The zero-order valence-electron chi connectivity index (χ0n) is 24.0. The topological polar surface area (TPSA) is 154 Å². The molecule has 1 N–H and O–H groups in total. The monoisotopic (exact) mass is 603 g/mol. The van der Waals surface area contributed by atoms with Gasteiger partial charge in [0.2, 0.25) is 5.91 Å². The highest BCUT2D eigenvalue weighted by molar-refractivity contribution is 7.58. The molecule has 0 aliphatic rings. The second kappa shape index (κ2) is 19.0. The first-order chi connectivity index (χ1) is 17.6. The van der Waals surface area contributed by atoms with Crippen LogP contribution < -0.4 is 5.32 Å². The lowest BCUT2D eigenvalue weighted by molar-refractivity contribution is -0.155. The Balaban J connectivity index is 5.26. The van der Waals surface area contributed by atoms with Crippen LogP contribution in [0.25, 0.3) is 0 Å². The van der Waals surface area contributed by atoms with Crippen LogP contribution in [-0.4, -0.2) is 114 Å². The van der Waals surface area contributed by atoms with E-state index in [2.05, 4.69) is 5.32 Å². The van der Waals surface area contributed by atoms with E-state index in [1.54, 1.807) is 0 Å². The maximum atomic E-state index is 13.5. The average molecular weight is 604 g/mol. The van der Waals surface area contributed by atoms with Gasteiger partial charge >= 0.3 is 19.5 Å². The molecular weight excluding hydrogens is 557 g/mol. The number of carbonyl (C=O) groups excluding carboxylic acids is 3. The Bertz CT molecular complexity index is 738. The molecule has 0 saturated heterocycles. The lowest BCUT2D eigenvalue weighted by Gasteiger charge is -2.31. The van der Waals surface area contributed by atoms with E-state index in [0.717, 1.165) is 0 Å². The summed E-state index contributed by atoms with van der Waals surface area (Å²) in [6, 6.07) is -1.38. The molecule has 0 radical (unpaired) electrons. The van der Waals surface area contributed by atoms with Crippen molar-refractivity contribution in [1.82, 2.24) is 5.32 Å². The zero-order chi connectivity index (χ0) is 29.2. The second-order valence-corrected chi connectivity index (χ2v) is 21.5. The van der Waals surface area contributed by atoms with Crippen molar-refractivity contribution < 1.29 is 55.8 Å². The van der Waals surface area contributed by atoms with Gasteiger partial charge < -0.3 is 42.2 Å². The molecule has 16 heteroatoms. The average Bonchev–Trinajstić information content (AvgIpc) is 2.74. The van der Waals surface area contributed by atoms with Crippen molar-refractivity contribution >= 4 is 42.1 Å². The van der Waals surface area contributed by atoms with E-state index in [1.165, 1.54) is 14.2 Å². The van der Waals surface area contributed by atoms with Crippen LogP contribution in [-0.2, 0) is 55.8 Å². The third kappa shape index (κ3) is 20.8. The van der Waals surface area contributed by atoms with E-state index in [9.17, 15) is 18.9 Å². The number of carbonyl (C=O) groups is 3. The van der Waals surface area contributed by atoms with E-state index in [1.807, 2.05) is 39.3 Å². The second-order valence-electron chi connectivity index (χ2n) is 10.1. The Hall–Kier alpha value is -1.17. The molecular formula is C22H46NO12PSi2. The van der Waals surface area contributed by atoms with Gasteiger partial charge in [-0.05, 0) is 39.3 Å². The molecule has 1 atom stereocenters. The summed E-state index contributed by atoms with van der Waals surface area (Å²) >= 11 is 0. The van der Waals surface area contributed by atoms with Crippen molar-refractivity contribution in [2.75, 3.05) is 73.2 Å². The molecule has 224 valence electrons. The molecule has 0 aromatic heterocycles. The van der Waals surface area contributed by atoms with Gasteiger partial charge in [-0.15, -0.1) is 0 Å². The molecule has 0 saturated carbocycles. The van der Waals surface area contributed by atoms with Gasteiger partial charge in [0.05, 0.1) is 46.1 Å². The van der Waals surface area contributed by atoms with E-state index in [-0.39, 0.29) is 26.4 Å². The number of rotatable bonds is 22. The number of ether oxygens (including phenoxy) is 6. The predicted molar refractivity (Wildman–Crippen MR) is 145 cm³/mol. The first-order valence-corrected chi connectivity index (χ1v) is 20.9. The minimum atomic E-state index is -3.82. The van der Waals surface area contributed by atoms with Gasteiger partial charge in [0.15, 0.2) is 16.6 Å². The minimum Gasteiger partial charge on any atom is -0.463 e. The van der Waals surface area contributed by atoms with Gasteiger partial charge in [0, 0.05) is 14.2 Å². The Morgan fingerprint density at radius 3 is 1.61 bits per heavy atom. The first kappa shape index (κ1) is 36.8. The molecule has 1 amide bonds. The first-order valence-electron chi connectivity index (χ1n) is 12.4. The lowest BCUT2D eigenvalue weighted by atomic mass is 10.2. The summed E-state index contributed by atoms with van der Waals surface area (Å²) in [6.07, 6.45) is -1.10. The third-order valence-electron chi connectivity index (χ3n) is 3.98. The van der Waals surface area contributed by atoms with Gasteiger partial charge in [-0.2, -0.15) is 0 Å². The van der Waals surface area contributed by atoms with Crippen LogP contribution in [0.1, 0.15) is 6.42 Å². The molecule has 0 aliphatic carbocycles. The Morgan fingerprint density at radius 1 is 0.711 bits per heavy atom. The largest absolute Gasteiger partial charge is 0.463 e. The van der Waals surface area contributed by atoms with Crippen LogP contribution in [0, 0.1) is 0 Å². The molecule has 0 aliphatic heterocycles. The van der Waals surface area contributed by atoms with E-state index >= 15 is 0 Å². The number of nitrogens with one attached hydrogen (secondary N) is 1. The maximum Gasteiger partial charge on any atom is 0.329 e. The van der Waals surface area contributed by atoms with E-state index < -0.39 is 60.7 Å². The summed E-state index contributed by atoms with van der Waals surface area (Å²) in [6.45, 7) is 12.5. The molecule has 0 aromatic carbocycles. The zero-order valence-corrected chi connectivity index (χ0v) is 26.9. The summed E-state index contributed by atoms with van der Waals surface area (Å²) in [5.74, 6) is -2.40. The Kier molecular flexibility index (Phi) is 18.4. The fourth-order valence-electron chi connectivity index (χ4n) is 2.76. The highest BCUT2D eigenvalue weighted by Crippen LogP contribution is 2.52. The van der Waals surface area contributed by atoms with Crippen LogP contribution in [0.2, 0.25) is 39.3 Å². The van der Waals surface area contributed by atoms with Crippen LogP contribution in [0.15, 0.2) is 0 Å². The van der Waals surface area contributed by atoms with Crippen LogP contribution >= 0.6 is 7.60 Å². The van der Waals surface area contributed by atoms with Crippen molar-refractivity contribution in [2.45, 2.75) is 51.7 Å². The molecule has 0 heterocycles. The normalized spacial score (nSPS) is 13.2. The minimum absolute atomic E-state index is 0.0467. The molecule has 13 nitrogen and oxygen atoms in total. The van der Waals surface area contributed by atoms with Gasteiger partial charge in [0.1, 0.15) is 25.4 Å². The van der Waals surface area contributed by atoms with Crippen LogP contribution in [0.5, 0.6) is 0 Å². The lowest BCUT2D eigenvalue weighted by Crippen LogP contribution is -2.45. The Morgan fingerprint density at radius 2 is 1.16 bits per heavy atom. The van der Waals surface area contributed by atoms with Gasteiger partial charge in [-0.25, -0.2) is 4.79 Å². The number of amides is 1. The number of methoxy groups -OCH3 is 2. The summed E-state index contributed by atoms with van der Waals surface area (Å²) in [4.78, 5) is 37.9. The molecule has 0 unspecified atom stereocenters. The predicted octanol–water partition coefficient (Wildman–Crippen LogP) is 2.17. The molecule has 0 bridgehead atoms. The third-order valence-corrected chi connectivity index (χ3v) is 11.3. The van der Waals surface area contributed by atoms with E-state index in [0.29, 0.717) is 26.4 Å². The van der Waals surface area contributed by atoms with Crippen molar-refractivity contribution in [2.24, 2.45) is 0 Å². The highest BCUT2D eigenvalue weighted by Gasteiger charge is 2.39. The van der Waals surface area contributed by atoms with Crippen molar-refractivity contribution in [3.05, 3.63) is 0 Å². The summed E-state index contributed by atoms with van der Waals surface area (Å²) in [7, 11) is -5.47. The summed E-state index contributed by atoms with van der Waals surface area (Å²) < 4.78 is 55.5. The quantitative estimate of drug-likeness (QED) is 0.0835. The fourth-order valence-corrected chi connectivity index (χ4v) is 10.9. The van der Waals surface area contributed by atoms with Crippen molar-refractivity contribution in [1.29, 1.82) is 0 Å². The molecule has 38 heavy (non-hydrogen) atoms. The van der Waals surface area contributed by atoms with Crippen LogP contribution in [0.3, 0.4) is 0 Å². The number of hydrogen-bond donors (Lipinski definition) is 1. The molecule has 0 spiro atoms. The highest BCUT2D eigenvalue weighted by atomic mass is 31.2. The van der Waals surface area contributed by atoms with Crippen molar-refractivity contribution in [3.63, 3.8) is 0 Å². The SMILES string of the molecule is COCCOCCOC(=O)C[C@H](NC(=O)CP(=O)(O[Si](C)(C)C)O[Si](C)(C)C)C(=O)OCCOCCOC. The molecule has 0 rings (SSSR count).